The molecule has 1 atom stereocenters. The Bertz CT molecular complexity index is 881. The van der Waals surface area contributed by atoms with Crippen molar-refractivity contribution in [2.45, 2.75) is 19.3 Å². The van der Waals surface area contributed by atoms with Crippen LogP contribution in [0.1, 0.15) is 19.3 Å². The molecule has 1 saturated heterocycles. The lowest BCUT2D eigenvalue weighted by Crippen LogP contribution is -2.34. The van der Waals surface area contributed by atoms with Crippen molar-refractivity contribution in [2.24, 2.45) is 11.3 Å². The van der Waals surface area contributed by atoms with Gasteiger partial charge >= 0.3 is 0 Å². The summed E-state index contributed by atoms with van der Waals surface area (Å²) in [5, 5.41) is 10.4. The van der Waals surface area contributed by atoms with Crippen LogP contribution in [0.3, 0.4) is 0 Å². The van der Waals surface area contributed by atoms with Crippen molar-refractivity contribution in [2.75, 3.05) is 25.0 Å². The van der Waals surface area contributed by atoms with E-state index < -0.39 is 0 Å². The van der Waals surface area contributed by atoms with Gasteiger partial charge in [0.25, 0.3) is 0 Å². The number of hydrogen-bond acceptors (Lipinski definition) is 6. The number of thiophene rings is 1. The van der Waals surface area contributed by atoms with Crippen molar-refractivity contribution in [3.8, 4) is 11.5 Å². The number of nitrogens with one attached hydrogen (secondary N) is 2. The average molecular weight is 351 g/mol. The van der Waals surface area contributed by atoms with Gasteiger partial charge in [0.15, 0.2) is 5.82 Å². The van der Waals surface area contributed by atoms with Crippen LogP contribution in [-0.2, 0) is 0 Å². The second-order valence-electron chi connectivity index (χ2n) is 7.17. The van der Waals surface area contributed by atoms with E-state index in [0.717, 1.165) is 47.3 Å². The molecule has 4 heterocycles. The Morgan fingerprint density at radius 2 is 2.20 bits per heavy atom. The molecular formula is C19H21N5S. The van der Waals surface area contributed by atoms with Gasteiger partial charge < -0.3 is 10.6 Å². The first-order chi connectivity index (χ1) is 12.3. The molecule has 5 rings (SSSR count). The fourth-order valence-corrected chi connectivity index (χ4v) is 4.73. The maximum atomic E-state index is 4.82. The topological polar surface area (TPSA) is 62.7 Å². The standard InChI is InChI=1S/C19H21N5S/c1-2-8-21-15(3-1)17-23-16(14-6-10-25-18(14)24-17)22-12-19(13-4-5-13)7-9-20-11-19/h1-3,6,8,10,13,20H,4-5,7,9,11-12H2,(H,22,23,24). The Morgan fingerprint density at radius 3 is 2.96 bits per heavy atom. The van der Waals surface area contributed by atoms with E-state index in [0.29, 0.717) is 11.2 Å². The third-order valence-electron chi connectivity index (χ3n) is 5.55. The number of rotatable bonds is 5. The van der Waals surface area contributed by atoms with Gasteiger partial charge in [0.1, 0.15) is 16.3 Å². The number of hydrogen-bond donors (Lipinski definition) is 2. The summed E-state index contributed by atoms with van der Waals surface area (Å²) in [6, 6.07) is 7.97. The minimum absolute atomic E-state index is 0.387. The minimum Gasteiger partial charge on any atom is -0.369 e. The van der Waals surface area contributed by atoms with Crippen LogP contribution in [-0.4, -0.2) is 34.6 Å². The highest BCUT2D eigenvalue weighted by molar-refractivity contribution is 7.16. The molecule has 5 nitrogen and oxygen atoms in total. The molecule has 0 radical (unpaired) electrons. The summed E-state index contributed by atoms with van der Waals surface area (Å²) in [5.74, 6) is 2.51. The molecule has 1 aliphatic carbocycles. The van der Waals surface area contributed by atoms with Gasteiger partial charge in [0.05, 0.1) is 5.39 Å². The Hall–Kier alpha value is -2.05. The number of anilines is 1. The van der Waals surface area contributed by atoms with E-state index in [1.54, 1.807) is 17.5 Å². The maximum absolute atomic E-state index is 4.82. The van der Waals surface area contributed by atoms with Crippen LogP contribution in [0.5, 0.6) is 0 Å². The van der Waals surface area contributed by atoms with Gasteiger partial charge in [-0.25, -0.2) is 9.97 Å². The van der Waals surface area contributed by atoms with Crippen LogP contribution < -0.4 is 10.6 Å². The van der Waals surface area contributed by atoms with Gasteiger partial charge in [-0.3, -0.25) is 4.98 Å². The van der Waals surface area contributed by atoms with Gasteiger partial charge in [-0.2, -0.15) is 0 Å². The molecule has 6 heteroatoms. The first-order valence-corrected chi connectivity index (χ1v) is 9.83. The highest BCUT2D eigenvalue weighted by Crippen LogP contribution is 2.49. The molecule has 1 aliphatic heterocycles. The summed E-state index contributed by atoms with van der Waals surface area (Å²) in [7, 11) is 0. The Morgan fingerprint density at radius 1 is 1.24 bits per heavy atom. The number of nitrogens with zero attached hydrogens (tertiary/aromatic N) is 3. The molecule has 0 amide bonds. The van der Waals surface area contributed by atoms with Crippen LogP contribution in [0.2, 0.25) is 0 Å². The monoisotopic (exact) mass is 351 g/mol. The zero-order valence-corrected chi connectivity index (χ0v) is 14.9. The molecule has 0 aromatic carbocycles. The predicted octanol–water partition coefficient (Wildman–Crippen LogP) is 3.55. The lowest BCUT2D eigenvalue weighted by Gasteiger charge is -2.29. The van der Waals surface area contributed by atoms with Gasteiger partial charge in [0.2, 0.25) is 0 Å². The summed E-state index contributed by atoms with van der Waals surface area (Å²) in [4.78, 5) is 14.9. The zero-order chi connectivity index (χ0) is 16.7. The first-order valence-electron chi connectivity index (χ1n) is 8.95. The van der Waals surface area contributed by atoms with E-state index in [2.05, 4.69) is 27.1 Å². The molecule has 128 valence electrons. The van der Waals surface area contributed by atoms with Crippen molar-refractivity contribution >= 4 is 27.4 Å². The highest BCUT2D eigenvalue weighted by Gasteiger charge is 2.46. The fourth-order valence-electron chi connectivity index (χ4n) is 3.96. The van der Waals surface area contributed by atoms with Crippen molar-refractivity contribution in [3.63, 3.8) is 0 Å². The second kappa shape index (κ2) is 6.04. The minimum atomic E-state index is 0.387. The smallest absolute Gasteiger partial charge is 0.181 e. The van der Waals surface area contributed by atoms with Gasteiger partial charge in [-0.1, -0.05) is 6.07 Å². The molecule has 0 bridgehead atoms. The molecule has 0 spiro atoms. The fraction of sp³-hybridized carbons (Fsp3) is 0.421. The molecule has 3 aromatic rings. The summed E-state index contributed by atoms with van der Waals surface area (Å²) in [5.41, 5.74) is 1.21. The van der Waals surface area contributed by atoms with Crippen LogP contribution in [0.4, 0.5) is 5.82 Å². The SMILES string of the molecule is c1ccc(-c2nc(NCC3(C4CC4)CCNC3)c3ccsc3n2)nc1. The average Bonchev–Trinajstić information content (AvgIpc) is 3.22. The Kier molecular flexibility index (Phi) is 3.68. The summed E-state index contributed by atoms with van der Waals surface area (Å²) < 4.78 is 0. The number of aromatic nitrogens is 3. The van der Waals surface area contributed by atoms with Crippen molar-refractivity contribution < 1.29 is 0 Å². The Labute approximate surface area is 150 Å². The van der Waals surface area contributed by atoms with Gasteiger partial charge in [-0.15, -0.1) is 11.3 Å². The van der Waals surface area contributed by atoms with E-state index >= 15 is 0 Å². The normalized spacial score (nSPS) is 23.2. The van der Waals surface area contributed by atoms with E-state index in [4.69, 9.17) is 9.97 Å². The molecule has 1 saturated carbocycles. The highest BCUT2D eigenvalue weighted by atomic mass is 32.1. The lowest BCUT2D eigenvalue weighted by molar-refractivity contribution is 0.293. The third-order valence-corrected chi connectivity index (χ3v) is 6.35. The Balaban J connectivity index is 1.48. The van der Waals surface area contributed by atoms with Crippen molar-refractivity contribution in [1.29, 1.82) is 0 Å². The van der Waals surface area contributed by atoms with Crippen LogP contribution in [0.15, 0.2) is 35.8 Å². The van der Waals surface area contributed by atoms with Gasteiger partial charge in [0, 0.05) is 24.7 Å². The third kappa shape index (κ3) is 2.79. The molecule has 1 unspecified atom stereocenters. The largest absolute Gasteiger partial charge is 0.369 e. The number of fused-ring (bicyclic) bond motifs is 1. The van der Waals surface area contributed by atoms with E-state index in [-0.39, 0.29) is 0 Å². The second-order valence-corrected chi connectivity index (χ2v) is 8.06. The van der Waals surface area contributed by atoms with E-state index in [1.165, 1.54) is 19.3 Å². The molecule has 2 N–H and O–H groups in total. The van der Waals surface area contributed by atoms with Crippen molar-refractivity contribution in [3.05, 3.63) is 35.8 Å². The molecular weight excluding hydrogens is 330 g/mol. The summed E-state index contributed by atoms with van der Waals surface area (Å²) in [6.07, 6.45) is 5.80. The molecule has 3 aromatic heterocycles. The summed E-state index contributed by atoms with van der Waals surface area (Å²) in [6.45, 7) is 3.24. The van der Waals surface area contributed by atoms with Crippen molar-refractivity contribution in [1.82, 2.24) is 20.3 Å². The van der Waals surface area contributed by atoms with Crippen LogP contribution >= 0.6 is 11.3 Å². The molecule has 2 fully saturated rings. The van der Waals surface area contributed by atoms with Crippen LogP contribution in [0, 0.1) is 11.3 Å². The van der Waals surface area contributed by atoms with Gasteiger partial charge in [-0.05, 0) is 55.3 Å². The van der Waals surface area contributed by atoms with E-state index in [1.807, 2.05) is 18.2 Å². The quantitative estimate of drug-likeness (QED) is 0.736. The van der Waals surface area contributed by atoms with E-state index in [9.17, 15) is 0 Å². The zero-order valence-electron chi connectivity index (χ0n) is 14.0. The number of pyridine rings is 1. The molecule has 2 aliphatic rings. The molecule has 25 heavy (non-hydrogen) atoms. The van der Waals surface area contributed by atoms with Crippen LogP contribution in [0.25, 0.3) is 21.7 Å². The lowest BCUT2D eigenvalue weighted by atomic mass is 9.81. The summed E-state index contributed by atoms with van der Waals surface area (Å²) >= 11 is 1.65. The first kappa shape index (κ1) is 15.2. The predicted molar refractivity (Wildman–Crippen MR) is 102 cm³/mol. The maximum Gasteiger partial charge on any atom is 0.181 e.